The molecule has 0 aliphatic carbocycles. The summed E-state index contributed by atoms with van der Waals surface area (Å²) in [5.74, 6) is 0.997. The van der Waals surface area contributed by atoms with Crippen LogP contribution >= 0.6 is 0 Å². The summed E-state index contributed by atoms with van der Waals surface area (Å²) in [6.45, 7) is 2.95. The van der Waals surface area contributed by atoms with Crippen LogP contribution in [0.25, 0.3) is 0 Å². The number of rotatable bonds is 9. The number of hydrogen-bond acceptors (Lipinski definition) is 5. The summed E-state index contributed by atoms with van der Waals surface area (Å²) in [6, 6.07) is 12.6. The average molecular weight is 412 g/mol. The predicted octanol–water partition coefficient (Wildman–Crippen LogP) is 3.87. The molecule has 2 aromatic carbocycles. The maximum atomic E-state index is 13.0. The Bertz CT molecular complexity index is 899. The van der Waals surface area contributed by atoms with Crippen LogP contribution in [0, 0.1) is 5.92 Å². The first-order chi connectivity index (χ1) is 14.6. The van der Waals surface area contributed by atoms with Crippen molar-refractivity contribution in [3.8, 4) is 17.2 Å². The van der Waals surface area contributed by atoms with Crippen LogP contribution in [0.1, 0.15) is 26.2 Å². The Morgan fingerprint density at radius 3 is 2.67 bits per heavy atom. The third-order valence-electron chi connectivity index (χ3n) is 5.07. The van der Waals surface area contributed by atoms with Crippen LogP contribution in [0.3, 0.4) is 0 Å². The van der Waals surface area contributed by atoms with Crippen molar-refractivity contribution in [2.45, 2.75) is 26.2 Å². The molecule has 0 spiro atoms. The molecule has 0 radical (unpaired) electrons. The number of nitrogens with zero attached hydrogens (tertiary/aromatic N) is 1. The monoisotopic (exact) mass is 412 g/mol. The van der Waals surface area contributed by atoms with E-state index in [2.05, 4.69) is 12.2 Å². The van der Waals surface area contributed by atoms with Crippen LogP contribution in [0.15, 0.2) is 42.5 Å². The Balaban J connectivity index is 1.74. The van der Waals surface area contributed by atoms with E-state index in [0.29, 0.717) is 41.8 Å². The number of nitrogens with one attached hydrogen (secondary N) is 1. The minimum Gasteiger partial charge on any atom is -0.497 e. The van der Waals surface area contributed by atoms with Crippen molar-refractivity contribution in [1.29, 1.82) is 0 Å². The zero-order chi connectivity index (χ0) is 21.5. The second kappa shape index (κ2) is 10.0. The molecular weight excluding hydrogens is 384 g/mol. The summed E-state index contributed by atoms with van der Waals surface area (Å²) in [4.78, 5) is 27.2. The maximum Gasteiger partial charge on any atom is 0.229 e. The first kappa shape index (κ1) is 21.5. The number of carbonyl (C=O) groups is 2. The second-order valence-corrected chi connectivity index (χ2v) is 7.13. The van der Waals surface area contributed by atoms with Crippen molar-refractivity contribution in [2.75, 3.05) is 37.6 Å². The number of amides is 2. The highest BCUT2D eigenvalue weighted by Crippen LogP contribution is 2.34. The van der Waals surface area contributed by atoms with Gasteiger partial charge in [0.1, 0.15) is 17.2 Å². The van der Waals surface area contributed by atoms with Gasteiger partial charge in [0.25, 0.3) is 0 Å². The molecule has 3 rings (SSSR count). The van der Waals surface area contributed by atoms with Gasteiger partial charge in [0.2, 0.25) is 11.8 Å². The van der Waals surface area contributed by atoms with E-state index in [9.17, 15) is 9.59 Å². The summed E-state index contributed by atoms with van der Waals surface area (Å²) in [5, 5.41) is 2.92. The quantitative estimate of drug-likeness (QED) is 0.633. The van der Waals surface area contributed by atoms with E-state index < -0.39 is 5.92 Å². The molecule has 1 heterocycles. The van der Waals surface area contributed by atoms with Gasteiger partial charge in [0.05, 0.1) is 38.1 Å². The molecule has 1 saturated heterocycles. The van der Waals surface area contributed by atoms with Gasteiger partial charge in [-0.3, -0.25) is 9.59 Å². The van der Waals surface area contributed by atoms with Crippen molar-refractivity contribution in [3.05, 3.63) is 42.5 Å². The molecule has 7 nitrogen and oxygen atoms in total. The normalized spacial score (nSPS) is 15.8. The van der Waals surface area contributed by atoms with Crippen molar-refractivity contribution in [3.63, 3.8) is 0 Å². The van der Waals surface area contributed by atoms with Gasteiger partial charge in [-0.05, 0) is 30.7 Å². The number of benzene rings is 2. The highest BCUT2D eigenvalue weighted by atomic mass is 16.5. The van der Waals surface area contributed by atoms with Gasteiger partial charge in [0.15, 0.2) is 0 Å². The van der Waals surface area contributed by atoms with Gasteiger partial charge in [-0.2, -0.15) is 0 Å². The first-order valence-corrected chi connectivity index (χ1v) is 10.1. The number of anilines is 2. The topological polar surface area (TPSA) is 77.1 Å². The van der Waals surface area contributed by atoms with Gasteiger partial charge >= 0.3 is 0 Å². The number of methoxy groups -OCH3 is 2. The first-order valence-electron chi connectivity index (χ1n) is 10.1. The number of carbonyl (C=O) groups excluding carboxylic acids is 2. The Morgan fingerprint density at radius 2 is 1.93 bits per heavy atom. The SMILES string of the molecule is CCCCOc1ccc(OC)cc1NC(=O)C1CC(=O)N(c2ccccc2OC)C1. The third kappa shape index (κ3) is 4.84. The van der Waals surface area contributed by atoms with E-state index in [1.54, 1.807) is 43.4 Å². The Morgan fingerprint density at radius 1 is 1.13 bits per heavy atom. The van der Waals surface area contributed by atoms with Crippen molar-refractivity contribution in [2.24, 2.45) is 5.92 Å². The van der Waals surface area contributed by atoms with Crippen LogP contribution < -0.4 is 24.4 Å². The van der Waals surface area contributed by atoms with Gasteiger partial charge in [-0.15, -0.1) is 0 Å². The molecule has 30 heavy (non-hydrogen) atoms. The maximum absolute atomic E-state index is 13.0. The molecule has 160 valence electrons. The van der Waals surface area contributed by atoms with E-state index in [0.717, 1.165) is 12.8 Å². The average Bonchev–Trinajstić information content (AvgIpc) is 3.16. The predicted molar refractivity (Wildman–Crippen MR) is 115 cm³/mol. The van der Waals surface area contributed by atoms with Gasteiger partial charge in [-0.25, -0.2) is 0 Å². The molecule has 1 aliphatic rings. The molecule has 2 aromatic rings. The zero-order valence-corrected chi connectivity index (χ0v) is 17.6. The molecule has 2 amide bonds. The molecule has 1 atom stereocenters. The Labute approximate surface area is 176 Å². The minimum absolute atomic E-state index is 0.107. The molecule has 1 unspecified atom stereocenters. The number of unbranched alkanes of at least 4 members (excludes halogenated alkanes) is 1. The Hall–Kier alpha value is -3.22. The molecule has 7 heteroatoms. The summed E-state index contributed by atoms with van der Waals surface area (Å²) in [7, 11) is 3.13. The standard InChI is InChI=1S/C23H28N2O5/c1-4-5-12-30-20-11-10-17(28-2)14-18(20)24-23(27)16-13-22(26)25(15-16)19-8-6-7-9-21(19)29-3/h6-11,14,16H,4-5,12-13,15H2,1-3H3,(H,24,27). The zero-order valence-electron chi connectivity index (χ0n) is 17.6. The van der Waals surface area contributed by atoms with Crippen molar-refractivity contribution < 1.29 is 23.8 Å². The fraction of sp³-hybridized carbons (Fsp3) is 0.391. The summed E-state index contributed by atoms with van der Waals surface area (Å²) < 4.78 is 16.5. The Kier molecular flexibility index (Phi) is 7.17. The second-order valence-electron chi connectivity index (χ2n) is 7.13. The lowest BCUT2D eigenvalue weighted by molar-refractivity contribution is -0.122. The van der Waals surface area contributed by atoms with E-state index in [1.165, 1.54) is 0 Å². The summed E-state index contributed by atoms with van der Waals surface area (Å²) in [6.07, 6.45) is 2.07. The van der Waals surface area contributed by atoms with E-state index >= 15 is 0 Å². The van der Waals surface area contributed by atoms with Crippen LogP contribution in [-0.2, 0) is 9.59 Å². The molecule has 0 bridgehead atoms. The van der Waals surface area contributed by atoms with Crippen LogP contribution in [-0.4, -0.2) is 39.2 Å². The number of para-hydroxylation sites is 2. The molecule has 1 fully saturated rings. The molecular formula is C23H28N2O5. The van der Waals surface area contributed by atoms with Crippen LogP contribution in [0.2, 0.25) is 0 Å². The van der Waals surface area contributed by atoms with Gasteiger partial charge in [-0.1, -0.05) is 25.5 Å². The van der Waals surface area contributed by atoms with Gasteiger partial charge in [0, 0.05) is 19.0 Å². The van der Waals surface area contributed by atoms with Crippen molar-refractivity contribution >= 4 is 23.2 Å². The highest BCUT2D eigenvalue weighted by molar-refractivity contribution is 6.04. The highest BCUT2D eigenvalue weighted by Gasteiger charge is 2.36. The third-order valence-corrected chi connectivity index (χ3v) is 5.07. The lowest BCUT2D eigenvalue weighted by Crippen LogP contribution is -2.28. The summed E-state index contributed by atoms with van der Waals surface area (Å²) in [5.41, 5.74) is 1.21. The van der Waals surface area contributed by atoms with Crippen molar-refractivity contribution in [1.82, 2.24) is 0 Å². The van der Waals surface area contributed by atoms with E-state index in [-0.39, 0.29) is 18.2 Å². The smallest absolute Gasteiger partial charge is 0.229 e. The lowest BCUT2D eigenvalue weighted by Gasteiger charge is -2.19. The van der Waals surface area contributed by atoms with E-state index in [1.807, 2.05) is 18.2 Å². The van der Waals surface area contributed by atoms with E-state index in [4.69, 9.17) is 14.2 Å². The van der Waals surface area contributed by atoms with Gasteiger partial charge < -0.3 is 24.4 Å². The fourth-order valence-electron chi connectivity index (χ4n) is 3.39. The molecule has 1 N–H and O–H groups in total. The molecule has 0 saturated carbocycles. The summed E-state index contributed by atoms with van der Waals surface area (Å²) >= 11 is 0. The molecule has 1 aliphatic heterocycles. The minimum atomic E-state index is -0.475. The lowest BCUT2D eigenvalue weighted by atomic mass is 10.1. The molecule has 0 aromatic heterocycles. The number of ether oxygens (including phenoxy) is 3. The fourth-order valence-corrected chi connectivity index (χ4v) is 3.39. The largest absolute Gasteiger partial charge is 0.497 e. The van der Waals surface area contributed by atoms with Crippen LogP contribution in [0.4, 0.5) is 11.4 Å². The van der Waals surface area contributed by atoms with Crippen LogP contribution in [0.5, 0.6) is 17.2 Å². The number of hydrogen-bond donors (Lipinski definition) is 1.